The number of aryl methyl sites for hydroxylation is 1. The molecule has 0 aliphatic rings. The molecule has 148 valence electrons. The van der Waals surface area contributed by atoms with Crippen LogP contribution < -0.4 is 9.57 Å². The lowest BCUT2D eigenvalue weighted by Gasteiger charge is -2.05. The van der Waals surface area contributed by atoms with Crippen molar-refractivity contribution in [1.29, 1.82) is 0 Å². The van der Waals surface area contributed by atoms with Crippen molar-refractivity contribution in [3.05, 3.63) is 54.2 Å². The first-order chi connectivity index (χ1) is 13.3. The van der Waals surface area contributed by atoms with Gasteiger partial charge in [-0.15, -0.1) is 0 Å². The zero-order valence-corrected chi connectivity index (χ0v) is 17.5. The molecule has 0 fully saturated rings. The zero-order chi connectivity index (χ0) is 19.2. The number of unbranched alkanes of at least 4 members (excludes halogenated alkanes) is 9. The number of rotatable bonds is 14. The molecule has 0 saturated carbocycles. The summed E-state index contributed by atoms with van der Waals surface area (Å²) in [5.41, 5.74) is 3.75. The second-order valence-electron chi connectivity index (χ2n) is 7.46. The van der Waals surface area contributed by atoms with Gasteiger partial charge in [0.05, 0.1) is 5.56 Å². The van der Waals surface area contributed by atoms with Gasteiger partial charge in [0.2, 0.25) is 6.20 Å². The second-order valence-corrected chi connectivity index (χ2v) is 7.46. The smallest absolute Gasteiger partial charge is 0.264 e. The van der Waals surface area contributed by atoms with E-state index in [1.165, 1.54) is 81.8 Å². The maximum absolute atomic E-state index is 5.68. The van der Waals surface area contributed by atoms with Crippen molar-refractivity contribution >= 4 is 0 Å². The Morgan fingerprint density at radius 1 is 0.704 bits per heavy atom. The molecule has 1 heterocycles. The lowest BCUT2D eigenvalue weighted by atomic mass is 10.0. The molecule has 0 amide bonds. The minimum atomic E-state index is 0.665. The van der Waals surface area contributed by atoms with Crippen molar-refractivity contribution in [1.82, 2.24) is 0 Å². The van der Waals surface area contributed by atoms with Gasteiger partial charge in [0.25, 0.3) is 5.69 Å². The van der Waals surface area contributed by atoms with Crippen molar-refractivity contribution in [3.63, 3.8) is 0 Å². The molecule has 2 aromatic rings. The SMILES string of the molecule is CCCCCCCCCCCCc1ccc(-c2cccc[n+]2OCC)cc1. The Bertz CT molecular complexity index is 620. The van der Waals surface area contributed by atoms with Gasteiger partial charge in [-0.1, -0.05) is 76.8 Å². The number of nitrogens with zero attached hydrogens (tertiary/aromatic N) is 1. The third kappa shape index (κ3) is 8.15. The van der Waals surface area contributed by atoms with Crippen molar-refractivity contribution in [2.75, 3.05) is 6.61 Å². The highest BCUT2D eigenvalue weighted by atomic mass is 16.7. The van der Waals surface area contributed by atoms with E-state index >= 15 is 0 Å². The first-order valence-electron chi connectivity index (χ1n) is 11.1. The predicted molar refractivity (Wildman–Crippen MR) is 115 cm³/mol. The normalized spacial score (nSPS) is 10.9. The van der Waals surface area contributed by atoms with Gasteiger partial charge >= 0.3 is 0 Å². The standard InChI is InChI=1S/C25H38NO/c1-3-5-6-7-8-9-10-11-12-13-16-23-18-20-24(21-19-23)25-17-14-15-22-26(25)27-4-2/h14-15,17-22H,3-13,16H2,1-2H3/q+1. The van der Waals surface area contributed by atoms with Crippen molar-refractivity contribution in [2.24, 2.45) is 0 Å². The first-order valence-corrected chi connectivity index (χ1v) is 11.1. The molecule has 0 spiro atoms. The van der Waals surface area contributed by atoms with E-state index < -0.39 is 0 Å². The highest BCUT2D eigenvalue weighted by Gasteiger charge is 2.13. The van der Waals surface area contributed by atoms with Gasteiger partial charge in [-0.2, -0.15) is 0 Å². The second kappa shape index (κ2) is 13.4. The van der Waals surface area contributed by atoms with E-state index in [-0.39, 0.29) is 0 Å². The van der Waals surface area contributed by atoms with E-state index in [0.29, 0.717) is 6.61 Å². The van der Waals surface area contributed by atoms with Crippen LogP contribution in [0.15, 0.2) is 48.7 Å². The third-order valence-corrected chi connectivity index (χ3v) is 5.16. The van der Waals surface area contributed by atoms with Gasteiger partial charge < -0.3 is 0 Å². The van der Waals surface area contributed by atoms with E-state index in [0.717, 1.165) is 5.69 Å². The Labute approximate surface area is 166 Å². The van der Waals surface area contributed by atoms with Gasteiger partial charge in [0.1, 0.15) is 0 Å². The average molecular weight is 369 g/mol. The minimum Gasteiger partial charge on any atom is -0.271 e. The summed E-state index contributed by atoms with van der Waals surface area (Å²) in [6.07, 6.45) is 17.1. The van der Waals surface area contributed by atoms with Gasteiger partial charge in [0, 0.05) is 16.9 Å². The van der Waals surface area contributed by atoms with Crippen molar-refractivity contribution in [3.8, 4) is 11.3 Å². The number of pyridine rings is 1. The van der Waals surface area contributed by atoms with Crippen LogP contribution in [-0.4, -0.2) is 6.61 Å². The number of benzene rings is 1. The fourth-order valence-corrected chi connectivity index (χ4v) is 3.56. The Kier molecular flexibility index (Phi) is 10.6. The number of aromatic nitrogens is 1. The van der Waals surface area contributed by atoms with E-state index in [1.807, 2.05) is 23.9 Å². The Morgan fingerprint density at radius 3 is 1.96 bits per heavy atom. The molecule has 0 aliphatic carbocycles. The molecule has 2 nitrogen and oxygen atoms in total. The zero-order valence-electron chi connectivity index (χ0n) is 17.5. The number of hydrogen-bond donors (Lipinski definition) is 0. The molecule has 1 aromatic carbocycles. The highest BCUT2D eigenvalue weighted by molar-refractivity contribution is 5.56. The lowest BCUT2D eigenvalue weighted by molar-refractivity contribution is -0.882. The molecule has 1 aromatic heterocycles. The molecule has 2 heteroatoms. The molecule has 0 N–H and O–H groups in total. The molecule has 0 saturated heterocycles. The highest BCUT2D eigenvalue weighted by Crippen LogP contribution is 2.17. The van der Waals surface area contributed by atoms with E-state index in [9.17, 15) is 0 Å². The Balaban J connectivity index is 1.66. The van der Waals surface area contributed by atoms with Crippen LogP contribution in [0.3, 0.4) is 0 Å². The Morgan fingerprint density at radius 2 is 1.33 bits per heavy atom. The quantitative estimate of drug-likeness (QED) is 0.272. The molecular weight excluding hydrogens is 330 g/mol. The van der Waals surface area contributed by atoms with E-state index in [1.54, 1.807) is 0 Å². The fourth-order valence-electron chi connectivity index (χ4n) is 3.56. The molecule has 27 heavy (non-hydrogen) atoms. The molecule has 2 rings (SSSR count). The third-order valence-electron chi connectivity index (χ3n) is 5.16. The van der Waals surface area contributed by atoms with Crippen LogP contribution in [0.25, 0.3) is 11.3 Å². The van der Waals surface area contributed by atoms with E-state index in [2.05, 4.69) is 43.3 Å². The minimum absolute atomic E-state index is 0.665. The summed E-state index contributed by atoms with van der Waals surface area (Å²) in [5.74, 6) is 0. The molecule has 0 aliphatic heterocycles. The van der Waals surface area contributed by atoms with Crippen LogP contribution in [0.5, 0.6) is 0 Å². The van der Waals surface area contributed by atoms with Crippen LogP contribution in [0, 0.1) is 0 Å². The largest absolute Gasteiger partial charge is 0.271 e. The summed E-state index contributed by atoms with van der Waals surface area (Å²) in [6, 6.07) is 15.1. The first kappa shape index (κ1) is 21.5. The molecule has 0 atom stereocenters. The van der Waals surface area contributed by atoms with Crippen molar-refractivity contribution in [2.45, 2.75) is 84.5 Å². The Hall–Kier alpha value is -1.83. The van der Waals surface area contributed by atoms with Crippen LogP contribution in [-0.2, 0) is 6.42 Å². The van der Waals surface area contributed by atoms with Crippen LogP contribution in [0.4, 0.5) is 0 Å². The van der Waals surface area contributed by atoms with Crippen LogP contribution in [0.2, 0.25) is 0 Å². The van der Waals surface area contributed by atoms with Crippen LogP contribution >= 0.6 is 0 Å². The van der Waals surface area contributed by atoms with Crippen molar-refractivity contribution < 1.29 is 9.57 Å². The summed E-state index contributed by atoms with van der Waals surface area (Å²) < 4.78 is 1.86. The van der Waals surface area contributed by atoms with Crippen LogP contribution in [0.1, 0.15) is 83.6 Å². The maximum atomic E-state index is 5.68. The molecule has 0 radical (unpaired) electrons. The predicted octanol–water partition coefficient (Wildman–Crippen LogP) is 6.55. The topological polar surface area (TPSA) is 13.1 Å². The van der Waals surface area contributed by atoms with Gasteiger partial charge in [-0.05, 0) is 43.5 Å². The van der Waals surface area contributed by atoms with Gasteiger partial charge in [-0.3, -0.25) is 4.84 Å². The summed E-state index contributed by atoms with van der Waals surface area (Å²) in [5, 5.41) is 0. The average Bonchev–Trinajstić information content (AvgIpc) is 2.71. The monoisotopic (exact) mass is 368 g/mol. The summed E-state index contributed by atoms with van der Waals surface area (Å²) in [7, 11) is 0. The summed E-state index contributed by atoms with van der Waals surface area (Å²) >= 11 is 0. The van der Waals surface area contributed by atoms with E-state index in [4.69, 9.17) is 4.84 Å². The molecular formula is C25H38NO+. The summed E-state index contributed by atoms with van der Waals surface area (Å²) in [6.45, 7) is 4.96. The fraction of sp³-hybridized carbons (Fsp3) is 0.560. The lowest BCUT2D eigenvalue weighted by Crippen LogP contribution is -2.44. The molecule has 0 bridgehead atoms. The van der Waals surface area contributed by atoms with Gasteiger partial charge in [-0.25, -0.2) is 0 Å². The molecule has 0 unspecified atom stereocenters. The maximum Gasteiger partial charge on any atom is 0.264 e. The van der Waals surface area contributed by atoms with Gasteiger partial charge in [0.15, 0.2) is 6.61 Å². The summed E-state index contributed by atoms with van der Waals surface area (Å²) in [4.78, 5) is 5.68. The number of hydrogen-bond acceptors (Lipinski definition) is 1.